The number of aromatic nitrogens is 2. The molecule has 2 aromatic rings. The summed E-state index contributed by atoms with van der Waals surface area (Å²) in [7, 11) is -0.397. The SMILES string of the molecule is CCCN(Cc1ncc(-c2ccc(B3OC(C)(C)C(C)(C)O3)c(C)c2C)[nH]1)C(=O)OC(C)(C)C. The first kappa shape index (κ1) is 26.3. The number of amides is 1. The van der Waals surface area contributed by atoms with Crippen LogP contribution in [0.1, 0.15) is 78.8 Å². The summed E-state index contributed by atoms with van der Waals surface area (Å²) in [5.41, 5.74) is 3.99. The molecule has 0 spiro atoms. The number of benzene rings is 1. The molecular formula is C26H40BN3O4. The maximum absolute atomic E-state index is 12.6. The Labute approximate surface area is 204 Å². The van der Waals surface area contributed by atoms with Crippen LogP contribution in [0.15, 0.2) is 18.3 Å². The van der Waals surface area contributed by atoms with Crippen LogP contribution in [0.5, 0.6) is 0 Å². The van der Waals surface area contributed by atoms with Gasteiger partial charge in [0.05, 0.1) is 29.6 Å². The lowest BCUT2D eigenvalue weighted by Gasteiger charge is -2.32. The predicted octanol–water partition coefficient (Wildman–Crippen LogP) is 5.14. The fourth-order valence-corrected chi connectivity index (χ4v) is 3.95. The van der Waals surface area contributed by atoms with Gasteiger partial charge >= 0.3 is 13.2 Å². The van der Waals surface area contributed by atoms with Crippen LogP contribution in [0.25, 0.3) is 11.3 Å². The van der Waals surface area contributed by atoms with Gasteiger partial charge in [-0.25, -0.2) is 9.78 Å². The van der Waals surface area contributed by atoms with Crippen LogP contribution >= 0.6 is 0 Å². The van der Waals surface area contributed by atoms with Gasteiger partial charge in [0.1, 0.15) is 11.4 Å². The Kier molecular flexibility index (Phi) is 7.26. The Morgan fingerprint density at radius 3 is 2.29 bits per heavy atom. The minimum absolute atomic E-state index is 0.328. The zero-order valence-corrected chi connectivity index (χ0v) is 22.5. The van der Waals surface area contributed by atoms with Gasteiger partial charge in [-0.05, 0) is 85.3 Å². The van der Waals surface area contributed by atoms with Gasteiger partial charge in [0, 0.05) is 12.1 Å². The van der Waals surface area contributed by atoms with Gasteiger partial charge in [0.25, 0.3) is 0 Å². The molecule has 7 nitrogen and oxygen atoms in total. The average Bonchev–Trinajstić information content (AvgIpc) is 3.23. The minimum atomic E-state index is -0.537. The van der Waals surface area contributed by atoms with Crippen molar-refractivity contribution in [2.24, 2.45) is 0 Å². The summed E-state index contributed by atoms with van der Waals surface area (Å²) in [6.07, 6.45) is 2.34. The molecule has 0 saturated carbocycles. The first-order valence-electron chi connectivity index (χ1n) is 12.1. The number of hydrogen-bond donors (Lipinski definition) is 1. The van der Waals surface area contributed by atoms with Crippen molar-refractivity contribution in [3.63, 3.8) is 0 Å². The molecule has 0 unspecified atom stereocenters. The van der Waals surface area contributed by atoms with Crippen LogP contribution in [0.4, 0.5) is 4.79 Å². The molecule has 1 saturated heterocycles. The molecule has 0 bridgehead atoms. The number of carbonyl (C=O) groups excluding carboxylic acids is 1. The van der Waals surface area contributed by atoms with Crippen molar-refractivity contribution in [3.8, 4) is 11.3 Å². The zero-order valence-electron chi connectivity index (χ0n) is 22.5. The first-order chi connectivity index (χ1) is 15.6. The van der Waals surface area contributed by atoms with Crippen LogP contribution < -0.4 is 5.46 Å². The van der Waals surface area contributed by atoms with E-state index in [9.17, 15) is 4.79 Å². The Bertz CT molecular complexity index is 1020. The summed E-state index contributed by atoms with van der Waals surface area (Å²) < 4.78 is 18.1. The monoisotopic (exact) mass is 469 g/mol. The fourth-order valence-electron chi connectivity index (χ4n) is 3.95. The van der Waals surface area contributed by atoms with Crippen molar-refractivity contribution >= 4 is 18.7 Å². The van der Waals surface area contributed by atoms with E-state index in [1.54, 1.807) is 4.90 Å². The van der Waals surface area contributed by atoms with Crippen LogP contribution in [-0.2, 0) is 20.6 Å². The number of nitrogens with zero attached hydrogens (tertiary/aromatic N) is 2. The molecule has 1 fully saturated rings. The van der Waals surface area contributed by atoms with Crippen molar-refractivity contribution in [3.05, 3.63) is 35.3 Å². The molecule has 1 amide bonds. The van der Waals surface area contributed by atoms with E-state index < -0.39 is 12.7 Å². The third-order valence-corrected chi connectivity index (χ3v) is 6.74. The first-order valence-corrected chi connectivity index (χ1v) is 12.1. The molecule has 1 aliphatic rings. The highest BCUT2D eigenvalue weighted by Crippen LogP contribution is 2.37. The van der Waals surface area contributed by atoms with E-state index >= 15 is 0 Å². The highest BCUT2D eigenvalue weighted by Gasteiger charge is 2.52. The molecule has 186 valence electrons. The zero-order chi connectivity index (χ0) is 25.5. The maximum Gasteiger partial charge on any atom is 0.495 e. The van der Waals surface area contributed by atoms with Crippen LogP contribution in [0.2, 0.25) is 0 Å². The van der Waals surface area contributed by atoms with E-state index in [4.69, 9.17) is 14.0 Å². The number of hydrogen-bond acceptors (Lipinski definition) is 5. The standard InChI is InChI=1S/C26H40BN3O4/c1-11-14-30(23(31)32-24(4,5)6)16-22-28-15-21(29-22)19-12-13-20(18(3)17(19)2)27-33-25(7,8)26(9,10)34-27/h12-13,15H,11,14,16H2,1-10H3,(H,28,29). The van der Waals surface area contributed by atoms with Gasteiger partial charge < -0.3 is 23.9 Å². The predicted molar refractivity (Wildman–Crippen MR) is 136 cm³/mol. The summed E-state index contributed by atoms with van der Waals surface area (Å²) >= 11 is 0. The van der Waals surface area contributed by atoms with Gasteiger partial charge in [0.2, 0.25) is 0 Å². The lowest BCUT2D eigenvalue weighted by molar-refractivity contribution is 0.00578. The fraction of sp³-hybridized carbons (Fsp3) is 0.615. The summed E-state index contributed by atoms with van der Waals surface area (Å²) in [5.74, 6) is 0.724. The number of carbonyl (C=O) groups is 1. The van der Waals surface area contributed by atoms with E-state index in [-0.39, 0.29) is 17.3 Å². The minimum Gasteiger partial charge on any atom is -0.444 e. The number of ether oxygens (including phenoxy) is 1. The second-order valence-corrected chi connectivity index (χ2v) is 11.2. The molecule has 0 atom stereocenters. The normalized spacial score (nSPS) is 17.2. The molecule has 0 radical (unpaired) electrons. The number of H-pyrrole nitrogens is 1. The topological polar surface area (TPSA) is 76.7 Å². The largest absolute Gasteiger partial charge is 0.495 e. The number of nitrogens with one attached hydrogen (secondary N) is 1. The molecule has 8 heteroatoms. The number of imidazole rings is 1. The van der Waals surface area contributed by atoms with E-state index in [1.165, 1.54) is 0 Å². The van der Waals surface area contributed by atoms with Gasteiger partial charge in [-0.3, -0.25) is 0 Å². The van der Waals surface area contributed by atoms with Crippen molar-refractivity contribution in [2.75, 3.05) is 6.54 Å². The van der Waals surface area contributed by atoms with Gasteiger partial charge in [-0.15, -0.1) is 0 Å². The Morgan fingerprint density at radius 1 is 1.12 bits per heavy atom. The van der Waals surface area contributed by atoms with E-state index in [0.717, 1.165) is 40.1 Å². The van der Waals surface area contributed by atoms with Crippen LogP contribution in [0, 0.1) is 13.8 Å². The van der Waals surface area contributed by atoms with Gasteiger partial charge in [-0.2, -0.15) is 0 Å². The molecular weight excluding hydrogens is 429 g/mol. The highest BCUT2D eigenvalue weighted by atomic mass is 16.7. The second kappa shape index (κ2) is 9.38. The molecule has 34 heavy (non-hydrogen) atoms. The summed E-state index contributed by atoms with van der Waals surface area (Å²) in [4.78, 5) is 22.3. The second-order valence-electron chi connectivity index (χ2n) is 11.2. The average molecular weight is 469 g/mol. The molecule has 1 aliphatic heterocycles. The molecule has 1 N–H and O–H groups in total. The van der Waals surface area contributed by atoms with Gasteiger partial charge in [0.15, 0.2) is 0 Å². The van der Waals surface area contributed by atoms with Crippen molar-refractivity contribution in [1.82, 2.24) is 14.9 Å². The number of rotatable bonds is 6. The third kappa shape index (κ3) is 5.49. The molecule has 3 rings (SSSR count). The third-order valence-electron chi connectivity index (χ3n) is 6.74. The summed E-state index contributed by atoms with van der Waals surface area (Å²) in [6, 6.07) is 4.15. The van der Waals surface area contributed by atoms with Crippen LogP contribution in [0.3, 0.4) is 0 Å². The van der Waals surface area contributed by atoms with Crippen molar-refractivity contribution in [1.29, 1.82) is 0 Å². The summed E-state index contributed by atoms with van der Waals surface area (Å²) in [6.45, 7) is 21.1. The summed E-state index contributed by atoms with van der Waals surface area (Å²) in [5, 5.41) is 0. The Morgan fingerprint density at radius 2 is 1.74 bits per heavy atom. The van der Waals surface area contributed by atoms with Gasteiger partial charge in [-0.1, -0.05) is 19.1 Å². The Balaban J connectivity index is 1.81. The smallest absolute Gasteiger partial charge is 0.444 e. The quantitative estimate of drug-likeness (QED) is 0.593. The molecule has 1 aromatic carbocycles. The maximum atomic E-state index is 12.6. The Hall–Kier alpha value is -2.32. The number of aromatic amines is 1. The lowest BCUT2D eigenvalue weighted by Crippen LogP contribution is -2.41. The lowest BCUT2D eigenvalue weighted by atomic mass is 9.74. The van der Waals surface area contributed by atoms with Crippen molar-refractivity contribution < 1.29 is 18.8 Å². The molecule has 1 aromatic heterocycles. The van der Waals surface area contributed by atoms with E-state index in [2.05, 4.69) is 63.6 Å². The highest BCUT2D eigenvalue weighted by molar-refractivity contribution is 6.62. The van der Waals surface area contributed by atoms with Crippen LogP contribution in [-0.4, -0.2) is 51.4 Å². The molecule has 2 heterocycles. The van der Waals surface area contributed by atoms with E-state index in [0.29, 0.717) is 13.1 Å². The van der Waals surface area contributed by atoms with E-state index in [1.807, 2.05) is 33.9 Å². The van der Waals surface area contributed by atoms with Crippen molar-refractivity contribution in [2.45, 2.75) is 99.0 Å². The molecule has 0 aliphatic carbocycles.